The number of nitrogens with one attached hydrogen (secondary N) is 1. The van der Waals surface area contributed by atoms with Crippen LogP contribution in [0.4, 0.5) is 5.69 Å². The summed E-state index contributed by atoms with van der Waals surface area (Å²) in [6, 6.07) is 14.7. The number of rotatable bonds is 6. The van der Waals surface area contributed by atoms with Gasteiger partial charge in [0, 0.05) is 18.7 Å². The Bertz CT molecular complexity index is 924. The Hall–Kier alpha value is -2.67. The third-order valence-corrected chi connectivity index (χ3v) is 5.41. The van der Waals surface area contributed by atoms with Crippen LogP contribution in [0, 0.1) is 0 Å². The quantitative estimate of drug-likeness (QED) is 0.847. The van der Waals surface area contributed by atoms with E-state index in [0.717, 1.165) is 18.4 Å². The summed E-state index contributed by atoms with van der Waals surface area (Å²) in [5.74, 6) is -0.282. The lowest BCUT2D eigenvalue weighted by Crippen LogP contribution is -2.30. The fourth-order valence-corrected chi connectivity index (χ4v) is 3.83. The maximum absolute atomic E-state index is 12.3. The third kappa shape index (κ3) is 3.94. The van der Waals surface area contributed by atoms with Crippen LogP contribution in [-0.2, 0) is 16.4 Å². The van der Waals surface area contributed by atoms with Crippen LogP contribution in [-0.4, -0.2) is 33.8 Å². The number of nitrogens with zero attached hydrogens (tertiary/aromatic N) is 2. The maximum atomic E-state index is 12.3. The van der Waals surface area contributed by atoms with Crippen molar-refractivity contribution in [3.05, 3.63) is 59.7 Å². The SMILES string of the molecule is CCCNC(=O)c1ccc2c(c1)S(=O)(=O)N=CN2CCc1ccccc1. The van der Waals surface area contributed by atoms with Crippen molar-refractivity contribution >= 4 is 28.0 Å². The molecular formula is C19H21N3O3S. The van der Waals surface area contributed by atoms with Gasteiger partial charge in [-0.05, 0) is 36.6 Å². The molecule has 0 radical (unpaired) electrons. The highest BCUT2D eigenvalue weighted by Crippen LogP contribution is 2.30. The van der Waals surface area contributed by atoms with Crippen molar-refractivity contribution in [1.29, 1.82) is 0 Å². The number of carbonyl (C=O) groups is 1. The molecule has 0 fully saturated rings. The molecule has 0 saturated heterocycles. The highest BCUT2D eigenvalue weighted by Gasteiger charge is 2.26. The summed E-state index contributed by atoms with van der Waals surface area (Å²) in [4.78, 5) is 14.0. The van der Waals surface area contributed by atoms with Gasteiger partial charge in [0.15, 0.2) is 0 Å². The van der Waals surface area contributed by atoms with E-state index in [2.05, 4.69) is 9.71 Å². The second kappa shape index (κ2) is 7.70. The van der Waals surface area contributed by atoms with Gasteiger partial charge in [0.2, 0.25) is 0 Å². The molecule has 0 aliphatic carbocycles. The van der Waals surface area contributed by atoms with Gasteiger partial charge in [0.1, 0.15) is 11.2 Å². The van der Waals surface area contributed by atoms with Crippen molar-refractivity contribution in [2.45, 2.75) is 24.7 Å². The fraction of sp³-hybridized carbons (Fsp3) is 0.263. The van der Waals surface area contributed by atoms with E-state index in [1.807, 2.05) is 37.3 Å². The zero-order chi connectivity index (χ0) is 18.6. The summed E-state index contributed by atoms with van der Waals surface area (Å²) in [6.45, 7) is 3.10. The Balaban J connectivity index is 1.85. The van der Waals surface area contributed by atoms with Crippen LogP contribution in [0.1, 0.15) is 29.3 Å². The predicted molar refractivity (Wildman–Crippen MR) is 102 cm³/mol. The molecule has 0 saturated carbocycles. The van der Waals surface area contributed by atoms with E-state index in [1.54, 1.807) is 17.0 Å². The van der Waals surface area contributed by atoms with Crippen LogP contribution in [0.15, 0.2) is 57.8 Å². The lowest BCUT2D eigenvalue weighted by atomic mass is 10.1. The van der Waals surface area contributed by atoms with E-state index >= 15 is 0 Å². The molecular weight excluding hydrogens is 350 g/mol. The van der Waals surface area contributed by atoms with E-state index in [0.29, 0.717) is 24.3 Å². The molecule has 2 aromatic rings. The molecule has 136 valence electrons. The molecule has 3 rings (SSSR count). The van der Waals surface area contributed by atoms with E-state index in [4.69, 9.17) is 0 Å². The minimum absolute atomic E-state index is 0.0669. The normalized spacial score (nSPS) is 14.7. The Labute approximate surface area is 153 Å². The van der Waals surface area contributed by atoms with Crippen molar-refractivity contribution in [2.75, 3.05) is 18.0 Å². The number of hydrogen-bond donors (Lipinski definition) is 1. The molecule has 0 aromatic heterocycles. The standard InChI is InChI=1S/C19H21N3O3S/c1-2-11-20-19(23)16-8-9-17-18(13-16)26(24,25)21-14-22(17)12-10-15-6-4-3-5-7-15/h3-9,13-14H,2,10-12H2,1H3,(H,20,23). The first-order chi connectivity index (χ1) is 12.5. The van der Waals surface area contributed by atoms with Gasteiger partial charge in [-0.25, -0.2) is 0 Å². The van der Waals surface area contributed by atoms with Gasteiger partial charge in [-0.1, -0.05) is 37.3 Å². The minimum Gasteiger partial charge on any atom is -0.352 e. The first-order valence-corrected chi connectivity index (χ1v) is 9.98. The molecule has 1 amide bonds. The zero-order valence-electron chi connectivity index (χ0n) is 14.6. The number of sulfonamides is 1. The summed E-state index contributed by atoms with van der Waals surface area (Å²) < 4.78 is 28.4. The Morgan fingerprint density at radius 3 is 2.65 bits per heavy atom. The summed E-state index contributed by atoms with van der Waals surface area (Å²) in [6.07, 6.45) is 2.91. The zero-order valence-corrected chi connectivity index (χ0v) is 15.4. The second-order valence-electron chi connectivity index (χ2n) is 6.06. The second-order valence-corrected chi connectivity index (χ2v) is 7.66. The smallest absolute Gasteiger partial charge is 0.285 e. The first kappa shape index (κ1) is 18.1. The Morgan fingerprint density at radius 1 is 1.15 bits per heavy atom. The van der Waals surface area contributed by atoms with Gasteiger partial charge < -0.3 is 10.2 Å². The summed E-state index contributed by atoms with van der Waals surface area (Å²) in [7, 11) is -3.79. The summed E-state index contributed by atoms with van der Waals surface area (Å²) >= 11 is 0. The Morgan fingerprint density at radius 2 is 1.92 bits per heavy atom. The van der Waals surface area contributed by atoms with E-state index < -0.39 is 10.0 Å². The largest absolute Gasteiger partial charge is 0.352 e. The van der Waals surface area contributed by atoms with E-state index in [-0.39, 0.29) is 10.8 Å². The van der Waals surface area contributed by atoms with Gasteiger partial charge >= 0.3 is 0 Å². The van der Waals surface area contributed by atoms with Crippen LogP contribution in [0.5, 0.6) is 0 Å². The van der Waals surface area contributed by atoms with Crippen molar-refractivity contribution in [3.8, 4) is 0 Å². The van der Waals surface area contributed by atoms with Crippen molar-refractivity contribution < 1.29 is 13.2 Å². The molecule has 1 aliphatic heterocycles. The Kier molecular flexibility index (Phi) is 5.37. The molecule has 1 aliphatic rings. The first-order valence-electron chi connectivity index (χ1n) is 8.54. The molecule has 1 N–H and O–H groups in total. The average molecular weight is 371 g/mol. The topological polar surface area (TPSA) is 78.8 Å². The maximum Gasteiger partial charge on any atom is 0.285 e. The lowest BCUT2D eigenvalue weighted by molar-refractivity contribution is 0.0953. The fourth-order valence-electron chi connectivity index (χ4n) is 2.75. The third-order valence-electron chi connectivity index (χ3n) is 4.15. The van der Waals surface area contributed by atoms with E-state index in [1.165, 1.54) is 12.4 Å². The van der Waals surface area contributed by atoms with E-state index in [9.17, 15) is 13.2 Å². The van der Waals surface area contributed by atoms with Crippen LogP contribution in [0.25, 0.3) is 0 Å². The van der Waals surface area contributed by atoms with Crippen molar-refractivity contribution in [2.24, 2.45) is 4.40 Å². The van der Waals surface area contributed by atoms with Gasteiger partial charge in [0.25, 0.3) is 15.9 Å². The monoisotopic (exact) mass is 371 g/mol. The van der Waals surface area contributed by atoms with Crippen LogP contribution < -0.4 is 10.2 Å². The number of hydrogen-bond acceptors (Lipinski definition) is 4. The highest BCUT2D eigenvalue weighted by atomic mass is 32.2. The van der Waals surface area contributed by atoms with Crippen molar-refractivity contribution in [3.63, 3.8) is 0 Å². The van der Waals surface area contributed by atoms with Crippen LogP contribution in [0.2, 0.25) is 0 Å². The molecule has 0 spiro atoms. The number of amides is 1. The van der Waals surface area contributed by atoms with Gasteiger partial charge in [0.05, 0.1) is 5.69 Å². The number of anilines is 1. The number of carbonyl (C=O) groups excluding carboxylic acids is 1. The molecule has 0 bridgehead atoms. The highest BCUT2D eigenvalue weighted by molar-refractivity contribution is 7.90. The number of fused-ring (bicyclic) bond motifs is 1. The molecule has 6 nitrogen and oxygen atoms in total. The van der Waals surface area contributed by atoms with Crippen LogP contribution in [0.3, 0.4) is 0 Å². The van der Waals surface area contributed by atoms with Gasteiger partial charge in [-0.15, -0.1) is 4.40 Å². The summed E-state index contributed by atoms with van der Waals surface area (Å²) in [5, 5.41) is 2.75. The summed E-state index contributed by atoms with van der Waals surface area (Å²) in [5.41, 5.74) is 2.02. The molecule has 0 unspecified atom stereocenters. The predicted octanol–water partition coefficient (Wildman–Crippen LogP) is 2.61. The number of benzene rings is 2. The minimum atomic E-state index is -3.79. The molecule has 0 atom stereocenters. The van der Waals surface area contributed by atoms with Gasteiger partial charge in [-0.3, -0.25) is 4.79 Å². The molecule has 1 heterocycles. The van der Waals surface area contributed by atoms with Gasteiger partial charge in [-0.2, -0.15) is 8.42 Å². The molecule has 2 aromatic carbocycles. The molecule has 26 heavy (non-hydrogen) atoms. The average Bonchev–Trinajstić information content (AvgIpc) is 2.66. The molecule has 7 heteroatoms. The van der Waals surface area contributed by atoms with Crippen LogP contribution >= 0.6 is 0 Å². The van der Waals surface area contributed by atoms with Crippen molar-refractivity contribution in [1.82, 2.24) is 5.32 Å². The lowest BCUT2D eigenvalue weighted by Gasteiger charge is -2.25.